The van der Waals surface area contributed by atoms with Gasteiger partial charge < -0.3 is 5.32 Å². The van der Waals surface area contributed by atoms with E-state index in [0.29, 0.717) is 12.2 Å². The first-order valence-corrected chi connectivity index (χ1v) is 11.9. The third kappa shape index (κ3) is 6.18. The number of amides is 1. The first kappa shape index (κ1) is 22.6. The molecule has 0 saturated carbocycles. The summed E-state index contributed by atoms with van der Waals surface area (Å²) in [5.74, 6) is -0.0443. The lowest BCUT2D eigenvalue weighted by Gasteiger charge is -2.24. The van der Waals surface area contributed by atoms with Crippen LogP contribution in [0.2, 0.25) is 0 Å². The summed E-state index contributed by atoms with van der Waals surface area (Å²) in [6.07, 6.45) is 1.78. The zero-order chi connectivity index (χ0) is 22.1. The van der Waals surface area contributed by atoms with Gasteiger partial charge >= 0.3 is 0 Å². The summed E-state index contributed by atoms with van der Waals surface area (Å²) in [4.78, 5) is 12.9. The summed E-state index contributed by atoms with van der Waals surface area (Å²) in [7, 11) is -3.87. The maximum atomic E-state index is 13.2. The highest BCUT2D eigenvalue weighted by atomic mass is 32.2. The van der Waals surface area contributed by atoms with Crippen LogP contribution < -0.4 is 9.62 Å². The molecule has 1 atom stereocenters. The minimum absolute atomic E-state index is 0.155. The number of rotatable bonds is 10. The normalized spacial score (nSPS) is 12.2. The Morgan fingerprint density at radius 3 is 2.00 bits per heavy atom. The molecule has 0 fully saturated rings. The van der Waals surface area contributed by atoms with Crippen molar-refractivity contribution >= 4 is 21.6 Å². The van der Waals surface area contributed by atoms with Crippen LogP contribution in [-0.4, -0.2) is 27.4 Å². The molecule has 3 rings (SSSR count). The number of carbonyl (C=O) groups excluding carboxylic acids is 1. The van der Waals surface area contributed by atoms with Crippen molar-refractivity contribution in [2.75, 3.05) is 17.4 Å². The van der Waals surface area contributed by atoms with E-state index in [0.717, 1.165) is 17.1 Å². The van der Waals surface area contributed by atoms with E-state index in [9.17, 15) is 13.2 Å². The standard InChI is InChI=1S/C25H28N2O3S/c1-2-21(18-22-12-6-3-7-13-22)19-26-25(28)20-27(23-14-8-4-9-15-23)31(29,30)24-16-10-5-11-17-24/h3-17,21H,2,18-20H2,1H3,(H,26,28). The van der Waals surface area contributed by atoms with Crippen molar-refractivity contribution < 1.29 is 13.2 Å². The lowest BCUT2D eigenvalue weighted by molar-refractivity contribution is -0.119. The number of benzene rings is 3. The summed E-state index contributed by atoms with van der Waals surface area (Å²) < 4.78 is 27.7. The van der Waals surface area contributed by atoms with Gasteiger partial charge in [-0.1, -0.05) is 80.1 Å². The predicted octanol–water partition coefficient (Wildman–Crippen LogP) is 4.27. The van der Waals surface area contributed by atoms with Gasteiger partial charge in [0.15, 0.2) is 0 Å². The molecule has 0 radical (unpaired) electrons. The first-order valence-electron chi connectivity index (χ1n) is 10.4. The third-order valence-electron chi connectivity index (χ3n) is 5.20. The van der Waals surface area contributed by atoms with E-state index in [1.165, 1.54) is 17.7 Å². The van der Waals surface area contributed by atoms with Crippen molar-refractivity contribution in [3.63, 3.8) is 0 Å². The predicted molar refractivity (Wildman–Crippen MR) is 124 cm³/mol. The van der Waals surface area contributed by atoms with Crippen molar-refractivity contribution in [3.8, 4) is 0 Å². The molecule has 0 spiro atoms. The van der Waals surface area contributed by atoms with E-state index in [4.69, 9.17) is 0 Å². The SMILES string of the molecule is CCC(CNC(=O)CN(c1ccccc1)S(=O)(=O)c1ccccc1)Cc1ccccc1. The van der Waals surface area contributed by atoms with E-state index in [-0.39, 0.29) is 23.3 Å². The second kappa shape index (κ2) is 10.8. The number of hydrogen-bond donors (Lipinski definition) is 1. The molecule has 3 aromatic carbocycles. The highest BCUT2D eigenvalue weighted by molar-refractivity contribution is 7.92. The Balaban J connectivity index is 1.72. The van der Waals surface area contributed by atoms with E-state index in [1.807, 2.05) is 24.3 Å². The van der Waals surface area contributed by atoms with Crippen LogP contribution >= 0.6 is 0 Å². The van der Waals surface area contributed by atoms with Crippen LogP contribution in [0.4, 0.5) is 5.69 Å². The highest BCUT2D eigenvalue weighted by Crippen LogP contribution is 2.23. The van der Waals surface area contributed by atoms with E-state index in [2.05, 4.69) is 24.4 Å². The summed E-state index contributed by atoms with van der Waals surface area (Å²) in [5, 5.41) is 2.93. The fourth-order valence-electron chi connectivity index (χ4n) is 3.38. The van der Waals surface area contributed by atoms with E-state index >= 15 is 0 Å². The monoisotopic (exact) mass is 436 g/mol. The Labute approximate surface area is 184 Å². The summed E-state index contributed by atoms with van der Waals surface area (Å²) in [6, 6.07) is 27.0. The Morgan fingerprint density at radius 2 is 1.42 bits per heavy atom. The average molecular weight is 437 g/mol. The number of hydrogen-bond acceptors (Lipinski definition) is 3. The molecule has 31 heavy (non-hydrogen) atoms. The molecule has 3 aromatic rings. The number of carbonyl (C=O) groups is 1. The van der Waals surface area contributed by atoms with Gasteiger partial charge in [-0.15, -0.1) is 0 Å². The molecule has 162 valence electrons. The molecule has 6 heteroatoms. The quantitative estimate of drug-likeness (QED) is 0.516. The number of para-hydroxylation sites is 1. The summed E-state index contributed by atoms with van der Waals surface area (Å²) >= 11 is 0. The fraction of sp³-hybridized carbons (Fsp3) is 0.240. The second-order valence-corrected chi connectivity index (χ2v) is 9.29. The van der Waals surface area contributed by atoms with Gasteiger partial charge in [0, 0.05) is 6.54 Å². The van der Waals surface area contributed by atoms with Gasteiger partial charge in [0.2, 0.25) is 5.91 Å². The van der Waals surface area contributed by atoms with Crippen LogP contribution in [0.15, 0.2) is 95.9 Å². The van der Waals surface area contributed by atoms with Crippen LogP contribution in [0.1, 0.15) is 18.9 Å². The van der Waals surface area contributed by atoms with Crippen LogP contribution in [0.3, 0.4) is 0 Å². The smallest absolute Gasteiger partial charge is 0.264 e. The second-order valence-electron chi connectivity index (χ2n) is 7.43. The molecule has 0 aliphatic heterocycles. The van der Waals surface area contributed by atoms with Gasteiger partial charge in [-0.3, -0.25) is 9.10 Å². The summed E-state index contributed by atoms with van der Waals surface area (Å²) in [6.45, 7) is 2.32. The molecule has 0 heterocycles. The molecule has 0 aliphatic carbocycles. The first-order chi connectivity index (χ1) is 15.0. The Bertz CT molecular complexity index is 1060. The van der Waals surface area contributed by atoms with Crippen molar-refractivity contribution in [2.24, 2.45) is 5.92 Å². The molecule has 0 bridgehead atoms. The molecule has 1 N–H and O–H groups in total. The van der Waals surface area contributed by atoms with Gasteiger partial charge in [0.1, 0.15) is 6.54 Å². The average Bonchev–Trinajstić information content (AvgIpc) is 2.82. The van der Waals surface area contributed by atoms with Crippen molar-refractivity contribution in [1.29, 1.82) is 0 Å². The largest absolute Gasteiger partial charge is 0.354 e. The van der Waals surface area contributed by atoms with Crippen molar-refractivity contribution in [3.05, 3.63) is 96.6 Å². The maximum absolute atomic E-state index is 13.2. The Kier molecular flexibility index (Phi) is 7.84. The van der Waals surface area contributed by atoms with E-state index in [1.54, 1.807) is 42.5 Å². The third-order valence-corrected chi connectivity index (χ3v) is 6.98. The molecule has 5 nitrogen and oxygen atoms in total. The highest BCUT2D eigenvalue weighted by Gasteiger charge is 2.27. The molecular weight excluding hydrogens is 408 g/mol. The van der Waals surface area contributed by atoms with Crippen molar-refractivity contribution in [2.45, 2.75) is 24.7 Å². The van der Waals surface area contributed by atoms with Crippen LogP contribution in [-0.2, 0) is 21.2 Å². The number of sulfonamides is 1. The molecule has 1 amide bonds. The van der Waals surface area contributed by atoms with E-state index < -0.39 is 10.0 Å². The number of nitrogens with one attached hydrogen (secondary N) is 1. The Hall–Kier alpha value is -3.12. The zero-order valence-corrected chi connectivity index (χ0v) is 18.5. The maximum Gasteiger partial charge on any atom is 0.264 e. The van der Waals surface area contributed by atoms with Gasteiger partial charge in [-0.05, 0) is 42.2 Å². The molecule has 1 unspecified atom stereocenters. The van der Waals surface area contributed by atoms with Gasteiger partial charge in [0.05, 0.1) is 10.6 Å². The fourth-order valence-corrected chi connectivity index (χ4v) is 4.82. The molecule has 0 aromatic heterocycles. The topological polar surface area (TPSA) is 66.5 Å². The molecule has 0 aliphatic rings. The van der Waals surface area contributed by atoms with Crippen LogP contribution in [0, 0.1) is 5.92 Å². The summed E-state index contributed by atoms with van der Waals surface area (Å²) in [5.41, 5.74) is 1.68. The number of anilines is 1. The number of nitrogens with zero attached hydrogens (tertiary/aromatic N) is 1. The molecule has 0 saturated heterocycles. The van der Waals surface area contributed by atoms with Gasteiger partial charge in [-0.25, -0.2) is 8.42 Å². The minimum Gasteiger partial charge on any atom is -0.354 e. The lowest BCUT2D eigenvalue weighted by atomic mass is 9.97. The van der Waals surface area contributed by atoms with Crippen LogP contribution in [0.25, 0.3) is 0 Å². The zero-order valence-electron chi connectivity index (χ0n) is 17.6. The van der Waals surface area contributed by atoms with Crippen molar-refractivity contribution in [1.82, 2.24) is 5.32 Å². The van der Waals surface area contributed by atoms with Gasteiger partial charge in [-0.2, -0.15) is 0 Å². The molecular formula is C25H28N2O3S. The van der Waals surface area contributed by atoms with Gasteiger partial charge in [0.25, 0.3) is 10.0 Å². The Morgan fingerprint density at radius 1 is 0.871 bits per heavy atom. The van der Waals surface area contributed by atoms with Crippen LogP contribution in [0.5, 0.6) is 0 Å². The lowest BCUT2D eigenvalue weighted by Crippen LogP contribution is -2.42. The minimum atomic E-state index is -3.87.